The van der Waals surface area contributed by atoms with E-state index in [1.165, 1.54) is 24.3 Å². The van der Waals surface area contributed by atoms with Gasteiger partial charge in [-0.15, -0.1) is 0 Å². The zero-order valence-corrected chi connectivity index (χ0v) is 8.10. The summed E-state index contributed by atoms with van der Waals surface area (Å²) in [6.07, 6.45) is -3.73. The van der Waals surface area contributed by atoms with Crippen LogP contribution in [-0.2, 0) is 0 Å². The van der Waals surface area contributed by atoms with Crippen LogP contribution in [-0.4, -0.2) is 28.2 Å². The van der Waals surface area contributed by atoms with Gasteiger partial charge in [0.15, 0.2) is 5.78 Å². The molecule has 0 aliphatic heterocycles. The minimum absolute atomic E-state index is 0.0794. The van der Waals surface area contributed by atoms with Crippen LogP contribution in [0.3, 0.4) is 0 Å². The number of rotatable bonds is 4. The fourth-order valence-corrected chi connectivity index (χ4v) is 1.13. The van der Waals surface area contributed by atoms with Gasteiger partial charge < -0.3 is 10.3 Å². The largest absolute Gasteiger partial charge is 0.507 e. The van der Waals surface area contributed by atoms with E-state index in [1.807, 2.05) is 0 Å². The number of aromatic hydroxyl groups is 1. The number of phenolic OH excluding ortho intramolecular Hbond substituents is 1. The van der Waals surface area contributed by atoms with Gasteiger partial charge in [0.05, 0.1) is 12.0 Å². The number of carbonyl (C=O) groups is 1. The summed E-state index contributed by atoms with van der Waals surface area (Å²) in [6.45, 7) is 0. The molecular weight excluding hydrogens is 220 g/mol. The van der Waals surface area contributed by atoms with E-state index < -0.39 is 24.3 Å². The number of oxime groups is 1. The van der Waals surface area contributed by atoms with Crippen molar-refractivity contribution in [1.29, 1.82) is 0 Å². The molecule has 0 spiro atoms. The Bertz CT molecular complexity index is 418. The first kappa shape index (κ1) is 12.1. The number of Topliss-reactive ketones (excluding diaryl/α,β-unsaturated/α-hetero) is 1. The summed E-state index contributed by atoms with van der Waals surface area (Å²) in [5.74, 6) is -1.02. The molecular formula is C10H9F2NO3. The van der Waals surface area contributed by atoms with Crippen molar-refractivity contribution in [3.8, 4) is 5.75 Å². The molecule has 0 saturated heterocycles. The number of hydrogen-bond acceptors (Lipinski definition) is 4. The highest BCUT2D eigenvalue weighted by Crippen LogP contribution is 2.18. The summed E-state index contributed by atoms with van der Waals surface area (Å²) >= 11 is 0. The van der Waals surface area contributed by atoms with Crippen LogP contribution in [0.5, 0.6) is 5.75 Å². The van der Waals surface area contributed by atoms with Gasteiger partial charge in [0.25, 0.3) is 6.43 Å². The quantitative estimate of drug-likeness (QED) is 0.359. The third-order valence-electron chi connectivity index (χ3n) is 1.93. The topological polar surface area (TPSA) is 69.9 Å². The van der Waals surface area contributed by atoms with E-state index in [0.717, 1.165) is 0 Å². The molecule has 1 aromatic rings. The van der Waals surface area contributed by atoms with Crippen molar-refractivity contribution in [2.75, 3.05) is 0 Å². The molecule has 0 heterocycles. The fraction of sp³-hybridized carbons (Fsp3) is 0.200. The molecule has 2 N–H and O–H groups in total. The van der Waals surface area contributed by atoms with E-state index in [9.17, 15) is 18.7 Å². The smallest absolute Gasteiger partial charge is 0.280 e. The summed E-state index contributed by atoms with van der Waals surface area (Å²) in [4.78, 5) is 11.5. The first-order valence-corrected chi connectivity index (χ1v) is 4.36. The Hall–Kier alpha value is -1.98. The summed E-state index contributed by atoms with van der Waals surface area (Å²) in [5, 5.41) is 19.9. The molecule has 1 aromatic carbocycles. The highest BCUT2D eigenvalue weighted by molar-refractivity contribution is 6.11. The molecule has 86 valence electrons. The van der Waals surface area contributed by atoms with E-state index >= 15 is 0 Å². The first-order valence-electron chi connectivity index (χ1n) is 4.36. The van der Waals surface area contributed by atoms with Gasteiger partial charge >= 0.3 is 0 Å². The van der Waals surface area contributed by atoms with Crippen molar-refractivity contribution in [2.45, 2.75) is 12.8 Å². The molecule has 0 unspecified atom stereocenters. The van der Waals surface area contributed by atoms with Crippen LogP contribution in [0, 0.1) is 0 Å². The van der Waals surface area contributed by atoms with Gasteiger partial charge in [-0.05, 0) is 12.1 Å². The maximum atomic E-state index is 12.2. The van der Waals surface area contributed by atoms with E-state index in [-0.39, 0.29) is 11.3 Å². The lowest BCUT2D eigenvalue weighted by molar-refractivity contribution is 0.0989. The van der Waals surface area contributed by atoms with E-state index in [4.69, 9.17) is 5.21 Å². The Morgan fingerprint density at radius 1 is 1.38 bits per heavy atom. The van der Waals surface area contributed by atoms with Crippen molar-refractivity contribution in [1.82, 2.24) is 0 Å². The molecule has 0 radical (unpaired) electrons. The SMILES string of the molecule is O=C(CC(=NO)C(F)F)c1ccccc1O. The first-order chi connectivity index (χ1) is 7.56. The van der Waals surface area contributed by atoms with Crippen molar-refractivity contribution in [3.63, 3.8) is 0 Å². The molecule has 0 aliphatic carbocycles. The molecule has 1 rings (SSSR count). The Kier molecular flexibility index (Phi) is 3.93. The Labute approximate surface area is 89.8 Å². The molecule has 0 bridgehead atoms. The average Bonchev–Trinajstić information content (AvgIpc) is 2.25. The average molecular weight is 229 g/mol. The molecule has 0 atom stereocenters. The Balaban J connectivity index is 2.85. The van der Waals surface area contributed by atoms with E-state index in [1.54, 1.807) is 0 Å². The summed E-state index contributed by atoms with van der Waals surface area (Å²) in [7, 11) is 0. The third kappa shape index (κ3) is 2.75. The second kappa shape index (κ2) is 5.20. The number of phenols is 1. The molecule has 4 nitrogen and oxygen atoms in total. The minimum atomic E-state index is -3.00. The third-order valence-corrected chi connectivity index (χ3v) is 1.93. The van der Waals surface area contributed by atoms with Crippen LogP contribution in [0.25, 0.3) is 0 Å². The van der Waals surface area contributed by atoms with Crippen LogP contribution < -0.4 is 0 Å². The predicted octanol–water partition coefficient (Wildman–Crippen LogP) is 2.06. The standard InChI is InChI=1S/C10H9F2NO3/c11-10(12)7(13-16)5-9(15)6-3-1-2-4-8(6)14/h1-4,10,14,16H,5H2. The summed E-state index contributed by atoms with van der Waals surface area (Å²) in [5.41, 5.74) is -1.00. The number of benzene rings is 1. The van der Waals surface area contributed by atoms with Gasteiger partial charge in [-0.2, -0.15) is 0 Å². The zero-order valence-electron chi connectivity index (χ0n) is 8.10. The van der Waals surface area contributed by atoms with Gasteiger partial charge in [-0.25, -0.2) is 8.78 Å². The highest BCUT2D eigenvalue weighted by Gasteiger charge is 2.20. The van der Waals surface area contributed by atoms with Crippen LogP contribution in [0.4, 0.5) is 8.78 Å². The molecule has 6 heteroatoms. The maximum Gasteiger partial charge on any atom is 0.280 e. The van der Waals surface area contributed by atoms with Crippen molar-refractivity contribution >= 4 is 11.5 Å². The molecule has 0 saturated carbocycles. The fourth-order valence-electron chi connectivity index (χ4n) is 1.13. The van der Waals surface area contributed by atoms with Gasteiger partial charge in [0, 0.05) is 0 Å². The van der Waals surface area contributed by atoms with Crippen molar-refractivity contribution in [3.05, 3.63) is 29.8 Å². The number of alkyl halides is 2. The molecule has 16 heavy (non-hydrogen) atoms. The molecule has 0 amide bonds. The minimum Gasteiger partial charge on any atom is -0.507 e. The zero-order chi connectivity index (χ0) is 12.1. The Morgan fingerprint density at radius 2 is 2.00 bits per heavy atom. The van der Waals surface area contributed by atoms with Gasteiger partial charge in [-0.1, -0.05) is 17.3 Å². The van der Waals surface area contributed by atoms with Crippen molar-refractivity contribution < 1.29 is 23.9 Å². The second-order valence-corrected chi connectivity index (χ2v) is 3.01. The Morgan fingerprint density at radius 3 is 2.50 bits per heavy atom. The number of ketones is 1. The van der Waals surface area contributed by atoms with Crippen LogP contribution in [0.1, 0.15) is 16.8 Å². The monoisotopic (exact) mass is 229 g/mol. The lowest BCUT2D eigenvalue weighted by Crippen LogP contribution is -2.16. The number of carbonyl (C=O) groups excluding carboxylic acids is 1. The number of halogens is 2. The lowest BCUT2D eigenvalue weighted by Gasteiger charge is -2.04. The maximum absolute atomic E-state index is 12.2. The van der Waals surface area contributed by atoms with Gasteiger partial charge in [0.2, 0.25) is 0 Å². The van der Waals surface area contributed by atoms with Crippen molar-refractivity contribution in [2.24, 2.45) is 5.16 Å². The number of nitrogens with zero attached hydrogens (tertiary/aromatic N) is 1. The normalized spacial score (nSPS) is 11.8. The van der Waals surface area contributed by atoms with E-state index in [2.05, 4.69) is 5.16 Å². The molecule has 0 fully saturated rings. The van der Waals surface area contributed by atoms with E-state index in [0.29, 0.717) is 0 Å². The number of hydrogen-bond donors (Lipinski definition) is 2. The lowest BCUT2D eigenvalue weighted by atomic mass is 10.0. The number of para-hydroxylation sites is 1. The molecule has 0 aromatic heterocycles. The van der Waals surface area contributed by atoms with Crippen LogP contribution in [0.2, 0.25) is 0 Å². The predicted molar refractivity (Wildman–Crippen MR) is 52.3 cm³/mol. The highest BCUT2D eigenvalue weighted by atomic mass is 19.3. The summed E-state index contributed by atoms with van der Waals surface area (Å²) in [6, 6.07) is 5.56. The van der Waals surface area contributed by atoms with Gasteiger partial charge in [-0.3, -0.25) is 4.79 Å². The summed E-state index contributed by atoms with van der Waals surface area (Å²) < 4.78 is 24.3. The van der Waals surface area contributed by atoms with Crippen LogP contribution >= 0.6 is 0 Å². The second-order valence-electron chi connectivity index (χ2n) is 3.01. The molecule has 0 aliphatic rings. The van der Waals surface area contributed by atoms with Crippen LogP contribution in [0.15, 0.2) is 29.4 Å². The van der Waals surface area contributed by atoms with Gasteiger partial charge in [0.1, 0.15) is 11.5 Å².